The summed E-state index contributed by atoms with van der Waals surface area (Å²) in [6.45, 7) is 4.28. The molecular formula is C17H26N4O. The molecule has 0 aromatic carbocycles. The molecule has 1 aliphatic heterocycles. The highest BCUT2D eigenvalue weighted by molar-refractivity contribution is 5.93. The van der Waals surface area contributed by atoms with Crippen LogP contribution in [0.25, 0.3) is 0 Å². The molecule has 1 N–H and O–H groups in total. The Morgan fingerprint density at radius 3 is 2.55 bits per heavy atom. The van der Waals surface area contributed by atoms with Crippen molar-refractivity contribution in [2.75, 3.05) is 18.0 Å². The standard InChI is InChI=1S/C17H26N4O/c1-13-6-5-9-21(12-13)17-18-10-14(11-19-17)16(22)20-15-7-3-2-4-8-15/h10-11,13,15H,2-9,12H2,1H3,(H,20,22). The number of carbonyl (C=O) groups excluding carboxylic acids is 1. The van der Waals surface area contributed by atoms with Crippen LogP contribution in [0.1, 0.15) is 62.2 Å². The second-order valence-electron chi connectivity index (χ2n) is 6.77. The fraction of sp³-hybridized carbons (Fsp3) is 0.706. The van der Waals surface area contributed by atoms with E-state index in [-0.39, 0.29) is 5.91 Å². The number of rotatable bonds is 3. The van der Waals surface area contributed by atoms with E-state index in [4.69, 9.17) is 0 Å². The van der Waals surface area contributed by atoms with Gasteiger partial charge in [-0.25, -0.2) is 9.97 Å². The first-order chi connectivity index (χ1) is 10.7. The van der Waals surface area contributed by atoms with Crippen LogP contribution < -0.4 is 10.2 Å². The third-order valence-electron chi connectivity index (χ3n) is 4.78. The van der Waals surface area contributed by atoms with Crippen LogP contribution in [-0.4, -0.2) is 35.0 Å². The molecule has 0 spiro atoms. The molecule has 0 radical (unpaired) electrons. The molecule has 1 saturated carbocycles. The van der Waals surface area contributed by atoms with Gasteiger partial charge in [-0.1, -0.05) is 26.2 Å². The Morgan fingerprint density at radius 1 is 1.14 bits per heavy atom. The molecule has 2 fully saturated rings. The monoisotopic (exact) mass is 302 g/mol. The number of hydrogen-bond donors (Lipinski definition) is 1. The zero-order valence-electron chi connectivity index (χ0n) is 13.4. The number of piperidine rings is 1. The second-order valence-corrected chi connectivity index (χ2v) is 6.77. The van der Waals surface area contributed by atoms with Gasteiger partial charge >= 0.3 is 0 Å². The number of anilines is 1. The van der Waals surface area contributed by atoms with Gasteiger partial charge in [0.1, 0.15) is 0 Å². The van der Waals surface area contributed by atoms with Crippen LogP contribution in [-0.2, 0) is 0 Å². The van der Waals surface area contributed by atoms with Crippen LogP contribution >= 0.6 is 0 Å². The van der Waals surface area contributed by atoms with E-state index in [1.54, 1.807) is 12.4 Å². The Morgan fingerprint density at radius 2 is 1.86 bits per heavy atom. The van der Waals surface area contributed by atoms with E-state index in [0.717, 1.165) is 31.9 Å². The number of nitrogens with one attached hydrogen (secondary N) is 1. The van der Waals surface area contributed by atoms with Gasteiger partial charge < -0.3 is 10.2 Å². The van der Waals surface area contributed by atoms with E-state index >= 15 is 0 Å². The van der Waals surface area contributed by atoms with E-state index in [9.17, 15) is 4.79 Å². The predicted molar refractivity (Wildman–Crippen MR) is 87.0 cm³/mol. The van der Waals surface area contributed by atoms with Crippen molar-refractivity contribution < 1.29 is 4.79 Å². The zero-order chi connectivity index (χ0) is 15.4. The molecule has 1 aliphatic carbocycles. The maximum atomic E-state index is 12.2. The van der Waals surface area contributed by atoms with Gasteiger partial charge in [0.15, 0.2) is 0 Å². The number of aromatic nitrogens is 2. The summed E-state index contributed by atoms with van der Waals surface area (Å²) >= 11 is 0. The van der Waals surface area contributed by atoms with E-state index in [1.807, 2.05) is 0 Å². The van der Waals surface area contributed by atoms with Gasteiger partial charge in [-0.05, 0) is 31.6 Å². The van der Waals surface area contributed by atoms with Gasteiger partial charge in [0.05, 0.1) is 5.56 Å². The quantitative estimate of drug-likeness (QED) is 0.933. The molecule has 5 heteroatoms. The van der Waals surface area contributed by atoms with Crippen molar-refractivity contribution in [3.8, 4) is 0 Å². The lowest BCUT2D eigenvalue weighted by atomic mass is 9.95. The summed E-state index contributed by atoms with van der Waals surface area (Å²) in [5.74, 6) is 1.40. The molecule has 3 rings (SSSR count). The van der Waals surface area contributed by atoms with Crippen molar-refractivity contribution in [3.63, 3.8) is 0 Å². The first-order valence-electron chi connectivity index (χ1n) is 8.60. The average Bonchev–Trinajstić information content (AvgIpc) is 2.56. The zero-order valence-corrected chi connectivity index (χ0v) is 13.4. The van der Waals surface area contributed by atoms with Crippen molar-refractivity contribution in [1.29, 1.82) is 0 Å². The first-order valence-corrected chi connectivity index (χ1v) is 8.60. The molecule has 1 unspecified atom stereocenters. The normalized spacial score (nSPS) is 23.3. The molecule has 1 aromatic heterocycles. The lowest BCUT2D eigenvalue weighted by molar-refractivity contribution is 0.0927. The molecule has 22 heavy (non-hydrogen) atoms. The average molecular weight is 302 g/mol. The molecule has 1 amide bonds. The molecule has 1 aromatic rings. The van der Waals surface area contributed by atoms with Crippen LogP contribution in [0.2, 0.25) is 0 Å². The maximum Gasteiger partial charge on any atom is 0.254 e. The van der Waals surface area contributed by atoms with Gasteiger partial charge in [-0.3, -0.25) is 4.79 Å². The highest BCUT2D eigenvalue weighted by atomic mass is 16.1. The lowest BCUT2D eigenvalue weighted by Crippen LogP contribution is -2.37. The number of carbonyl (C=O) groups is 1. The topological polar surface area (TPSA) is 58.1 Å². The molecule has 1 atom stereocenters. The minimum atomic E-state index is -0.0366. The van der Waals surface area contributed by atoms with Crippen molar-refractivity contribution in [2.45, 2.75) is 57.9 Å². The molecule has 5 nitrogen and oxygen atoms in total. The molecular weight excluding hydrogens is 276 g/mol. The van der Waals surface area contributed by atoms with Crippen LogP contribution in [0.5, 0.6) is 0 Å². The van der Waals surface area contributed by atoms with Gasteiger partial charge in [0.25, 0.3) is 5.91 Å². The summed E-state index contributed by atoms with van der Waals surface area (Å²) in [5.41, 5.74) is 0.569. The summed E-state index contributed by atoms with van der Waals surface area (Å²) in [7, 11) is 0. The fourth-order valence-corrected chi connectivity index (χ4v) is 3.49. The largest absolute Gasteiger partial charge is 0.349 e. The van der Waals surface area contributed by atoms with E-state index in [2.05, 4.69) is 27.1 Å². The molecule has 120 valence electrons. The molecule has 0 bridgehead atoms. The smallest absolute Gasteiger partial charge is 0.254 e. The number of hydrogen-bond acceptors (Lipinski definition) is 4. The third-order valence-corrected chi connectivity index (χ3v) is 4.78. The van der Waals surface area contributed by atoms with E-state index in [0.29, 0.717) is 17.5 Å². The Balaban J connectivity index is 1.59. The van der Waals surface area contributed by atoms with E-state index < -0.39 is 0 Å². The number of nitrogens with zero attached hydrogens (tertiary/aromatic N) is 3. The second kappa shape index (κ2) is 7.07. The van der Waals surface area contributed by atoms with Crippen molar-refractivity contribution in [2.24, 2.45) is 5.92 Å². The highest BCUT2D eigenvalue weighted by Crippen LogP contribution is 2.20. The van der Waals surface area contributed by atoms with Crippen LogP contribution in [0, 0.1) is 5.92 Å². The summed E-state index contributed by atoms with van der Waals surface area (Å²) in [5, 5.41) is 3.11. The minimum Gasteiger partial charge on any atom is -0.349 e. The van der Waals surface area contributed by atoms with Crippen molar-refractivity contribution in [3.05, 3.63) is 18.0 Å². The summed E-state index contributed by atoms with van der Waals surface area (Å²) in [6.07, 6.45) is 11.7. The minimum absolute atomic E-state index is 0.0366. The Hall–Kier alpha value is -1.65. The summed E-state index contributed by atoms with van der Waals surface area (Å²) in [6, 6.07) is 0.323. The van der Waals surface area contributed by atoms with Crippen molar-refractivity contribution >= 4 is 11.9 Å². The number of amides is 1. The van der Waals surface area contributed by atoms with Gasteiger partial charge in [0.2, 0.25) is 5.95 Å². The highest BCUT2D eigenvalue weighted by Gasteiger charge is 2.20. The first kappa shape index (κ1) is 15.3. The fourth-order valence-electron chi connectivity index (χ4n) is 3.49. The maximum absolute atomic E-state index is 12.2. The van der Waals surface area contributed by atoms with E-state index in [1.165, 1.54) is 32.1 Å². The van der Waals surface area contributed by atoms with Crippen LogP contribution in [0.4, 0.5) is 5.95 Å². The summed E-state index contributed by atoms with van der Waals surface area (Å²) in [4.78, 5) is 23.3. The van der Waals surface area contributed by atoms with Gasteiger partial charge in [-0.15, -0.1) is 0 Å². The van der Waals surface area contributed by atoms with Crippen molar-refractivity contribution in [1.82, 2.24) is 15.3 Å². The molecule has 2 aliphatic rings. The molecule has 1 saturated heterocycles. The molecule has 2 heterocycles. The third kappa shape index (κ3) is 3.76. The Labute approximate surface area is 132 Å². The Kier molecular flexibility index (Phi) is 4.90. The SMILES string of the molecule is CC1CCCN(c2ncc(C(=O)NC3CCCCC3)cn2)C1. The van der Waals surface area contributed by atoms with Gasteiger partial charge in [-0.2, -0.15) is 0 Å². The lowest BCUT2D eigenvalue weighted by Gasteiger charge is -2.30. The van der Waals surface area contributed by atoms with Crippen LogP contribution in [0.3, 0.4) is 0 Å². The van der Waals surface area contributed by atoms with Crippen LogP contribution in [0.15, 0.2) is 12.4 Å². The Bertz CT molecular complexity index is 496. The predicted octanol–water partition coefficient (Wildman–Crippen LogP) is 2.78. The summed E-state index contributed by atoms with van der Waals surface area (Å²) < 4.78 is 0. The van der Waals surface area contributed by atoms with Gasteiger partial charge in [0, 0.05) is 31.5 Å².